The van der Waals surface area contributed by atoms with Crippen molar-refractivity contribution in [3.63, 3.8) is 0 Å². The van der Waals surface area contributed by atoms with E-state index < -0.39 is 0 Å². The lowest BCUT2D eigenvalue weighted by Gasteiger charge is -2.10. The molecule has 0 aliphatic carbocycles. The van der Waals surface area contributed by atoms with Crippen molar-refractivity contribution >= 4 is 0 Å². The van der Waals surface area contributed by atoms with Gasteiger partial charge in [0.2, 0.25) is 0 Å². The minimum atomic E-state index is 0.273. The molecule has 126 valence electrons. The number of para-hydroxylation sites is 2. The van der Waals surface area contributed by atoms with Gasteiger partial charge in [0, 0.05) is 18.9 Å². The zero-order chi connectivity index (χ0) is 16.9. The summed E-state index contributed by atoms with van der Waals surface area (Å²) < 4.78 is 9.20. The zero-order valence-electron chi connectivity index (χ0n) is 14.3. The van der Waals surface area contributed by atoms with E-state index in [0.717, 1.165) is 42.5 Å². The Morgan fingerprint density at radius 1 is 1.21 bits per heavy atom. The van der Waals surface area contributed by atoms with Gasteiger partial charge < -0.3 is 4.74 Å². The summed E-state index contributed by atoms with van der Waals surface area (Å²) in [5.74, 6) is 2.84. The molecule has 0 amide bonds. The molecule has 3 rings (SSSR count). The molecule has 0 aliphatic heterocycles. The van der Waals surface area contributed by atoms with Crippen LogP contribution in [0.1, 0.15) is 37.8 Å². The lowest BCUT2D eigenvalue weighted by Crippen LogP contribution is -2.07. The van der Waals surface area contributed by atoms with Gasteiger partial charge in [0.1, 0.15) is 29.9 Å². The molecular formula is C17H22N6O. The highest BCUT2D eigenvalue weighted by Gasteiger charge is 2.16. The number of nitrogens with zero attached hydrogens (tertiary/aromatic N) is 6. The summed E-state index contributed by atoms with van der Waals surface area (Å²) >= 11 is 0. The summed E-state index contributed by atoms with van der Waals surface area (Å²) in [7, 11) is 1.67. The number of methoxy groups -OCH3 is 1. The second-order valence-corrected chi connectivity index (χ2v) is 5.89. The predicted molar refractivity (Wildman–Crippen MR) is 90.3 cm³/mol. The largest absolute Gasteiger partial charge is 0.494 e. The first-order valence-corrected chi connectivity index (χ1v) is 8.10. The SMILES string of the molecule is COc1ccccc1-n1nc(C(C)C)nc1CCCn1cncn1. The number of benzene rings is 1. The van der Waals surface area contributed by atoms with Gasteiger partial charge in [-0.25, -0.2) is 14.6 Å². The molecule has 0 saturated heterocycles. The molecule has 3 aromatic rings. The Balaban J connectivity index is 1.86. The lowest BCUT2D eigenvalue weighted by atomic mass is 10.2. The van der Waals surface area contributed by atoms with E-state index in [1.165, 1.54) is 0 Å². The number of aromatic nitrogens is 6. The van der Waals surface area contributed by atoms with Crippen molar-refractivity contribution in [3.8, 4) is 11.4 Å². The topological polar surface area (TPSA) is 70.7 Å². The van der Waals surface area contributed by atoms with Gasteiger partial charge in [-0.2, -0.15) is 10.2 Å². The predicted octanol–water partition coefficient (Wildman–Crippen LogP) is 2.62. The first-order valence-electron chi connectivity index (χ1n) is 8.10. The summed E-state index contributed by atoms with van der Waals surface area (Å²) in [5.41, 5.74) is 0.912. The molecule has 2 aromatic heterocycles. The Hall–Kier alpha value is -2.70. The summed E-state index contributed by atoms with van der Waals surface area (Å²) in [5, 5.41) is 8.83. The van der Waals surface area contributed by atoms with Crippen LogP contribution in [-0.2, 0) is 13.0 Å². The number of aryl methyl sites for hydroxylation is 2. The number of ether oxygens (including phenoxy) is 1. The highest BCUT2D eigenvalue weighted by atomic mass is 16.5. The van der Waals surface area contributed by atoms with Crippen LogP contribution in [0.4, 0.5) is 0 Å². The minimum Gasteiger partial charge on any atom is -0.494 e. The van der Waals surface area contributed by atoms with Crippen molar-refractivity contribution in [1.82, 2.24) is 29.5 Å². The maximum atomic E-state index is 5.48. The molecule has 0 spiro atoms. The van der Waals surface area contributed by atoms with Crippen molar-refractivity contribution in [2.24, 2.45) is 0 Å². The molecule has 24 heavy (non-hydrogen) atoms. The van der Waals surface area contributed by atoms with Gasteiger partial charge in [0.25, 0.3) is 0 Å². The molecule has 0 fully saturated rings. The molecule has 0 unspecified atom stereocenters. The molecule has 7 nitrogen and oxygen atoms in total. The van der Waals surface area contributed by atoms with Crippen LogP contribution in [0.15, 0.2) is 36.9 Å². The fourth-order valence-corrected chi connectivity index (χ4v) is 2.51. The van der Waals surface area contributed by atoms with Crippen LogP contribution in [-0.4, -0.2) is 36.6 Å². The number of hydrogen-bond acceptors (Lipinski definition) is 5. The Morgan fingerprint density at radius 3 is 2.75 bits per heavy atom. The van der Waals surface area contributed by atoms with Gasteiger partial charge in [-0.3, -0.25) is 4.68 Å². The maximum absolute atomic E-state index is 5.48. The average molecular weight is 326 g/mol. The van der Waals surface area contributed by atoms with Gasteiger partial charge in [-0.05, 0) is 18.6 Å². The van der Waals surface area contributed by atoms with E-state index in [1.807, 2.05) is 33.6 Å². The molecular weight excluding hydrogens is 304 g/mol. The van der Waals surface area contributed by atoms with Gasteiger partial charge in [0.05, 0.1) is 7.11 Å². The Labute approximate surface area is 141 Å². The van der Waals surface area contributed by atoms with Crippen molar-refractivity contribution < 1.29 is 4.74 Å². The molecule has 0 aliphatic rings. The van der Waals surface area contributed by atoms with Crippen molar-refractivity contribution in [1.29, 1.82) is 0 Å². The van der Waals surface area contributed by atoms with Crippen LogP contribution >= 0.6 is 0 Å². The fraction of sp³-hybridized carbons (Fsp3) is 0.412. The molecule has 2 heterocycles. The summed E-state index contributed by atoms with van der Waals surface area (Å²) in [4.78, 5) is 8.70. The standard InChI is InChI=1S/C17H22N6O/c1-13(2)17-20-16(9-6-10-22-12-18-11-19-22)23(21-17)14-7-4-5-8-15(14)24-3/h4-5,7-8,11-13H,6,9-10H2,1-3H3. The molecule has 7 heteroatoms. The number of hydrogen-bond donors (Lipinski definition) is 0. The summed E-state index contributed by atoms with van der Waals surface area (Å²) in [6.45, 7) is 5.00. The van der Waals surface area contributed by atoms with Gasteiger partial charge in [-0.1, -0.05) is 26.0 Å². The first-order chi connectivity index (χ1) is 11.7. The fourth-order valence-electron chi connectivity index (χ4n) is 2.51. The molecule has 0 saturated carbocycles. The van der Waals surface area contributed by atoms with E-state index >= 15 is 0 Å². The van der Waals surface area contributed by atoms with E-state index in [-0.39, 0.29) is 5.92 Å². The smallest absolute Gasteiger partial charge is 0.153 e. The second kappa shape index (κ2) is 7.25. The van der Waals surface area contributed by atoms with E-state index in [0.29, 0.717) is 0 Å². The van der Waals surface area contributed by atoms with Gasteiger partial charge >= 0.3 is 0 Å². The van der Waals surface area contributed by atoms with E-state index in [1.54, 1.807) is 19.8 Å². The van der Waals surface area contributed by atoms with Crippen LogP contribution < -0.4 is 4.74 Å². The van der Waals surface area contributed by atoms with Gasteiger partial charge in [-0.15, -0.1) is 0 Å². The van der Waals surface area contributed by atoms with Crippen LogP contribution in [0, 0.1) is 0 Å². The monoisotopic (exact) mass is 326 g/mol. The maximum Gasteiger partial charge on any atom is 0.153 e. The summed E-state index contributed by atoms with van der Waals surface area (Å²) in [6, 6.07) is 7.87. The highest BCUT2D eigenvalue weighted by molar-refractivity contribution is 5.46. The minimum absolute atomic E-state index is 0.273. The molecule has 1 aromatic carbocycles. The van der Waals surface area contributed by atoms with E-state index in [9.17, 15) is 0 Å². The highest BCUT2D eigenvalue weighted by Crippen LogP contribution is 2.24. The van der Waals surface area contributed by atoms with Crippen LogP contribution in [0.25, 0.3) is 5.69 Å². The van der Waals surface area contributed by atoms with Crippen LogP contribution in [0.2, 0.25) is 0 Å². The van der Waals surface area contributed by atoms with Crippen molar-refractivity contribution in [3.05, 3.63) is 48.6 Å². The zero-order valence-corrected chi connectivity index (χ0v) is 14.3. The third-order valence-electron chi connectivity index (χ3n) is 3.77. The third kappa shape index (κ3) is 3.45. The molecule has 0 bridgehead atoms. The second-order valence-electron chi connectivity index (χ2n) is 5.89. The Kier molecular flexibility index (Phi) is 4.88. The quantitative estimate of drug-likeness (QED) is 0.667. The summed E-state index contributed by atoms with van der Waals surface area (Å²) in [6.07, 6.45) is 4.99. The van der Waals surface area contributed by atoms with Crippen molar-refractivity contribution in [2.75, 3.05) is 7.11 Å². The molecule has 0 radical (unpaired) electrons. The molecule has 0 atom stereocenters. The van der Waals surface area contributed by atoms with Crippen molar-refractivity contribution in [2.45, 2.75) is 39.2 Å². The van der Waals surface area contributed by atoms with Gasteiger partial charge in [0.15, 0.2) is 5.82 Å². The Bertz CT molecular complexity index is 778. The normalized spacial score (nSPS) is 11.2. The third-order valence-corrected chi connectivity index (χ3v) is 3.77. The van der Waals surface area contributed by atoms with Crippen LogP contribution in [0.5, 0.6) is 5.75 Å². The molecule has 0 N–H and O–H groups in total. The first kappa shape index (κ1) is 16.2. The number of rotatable bonds is 7. The average Bonchev–Trinajstić information content (AvgIpc) is 3.24. The Morgan fingerprint density at radius 2 is 2.04 bits per heavy atom. The van der Waals surface area contributed by atoms with E-state index in [4.69, 9.17) is 14.8 Å². The van der Waals surface area contributed by atoms with E-state index in [2.05, 4.69) is 23.9 Å². The van der Waals surface area contributed by atoms with Crippen LogP contribution in [0.3, 0.4) is 0 Å². The lowest BCUT2D eigenvalue weighted by molar-refractivity contribution is 0.411.